The lowest BCUT2D eigenvalue weighted by Gasteiger charge is -2.09. The van der Waals surface area contributed by atoms with Crippen LogP contribution in [0, 0.1) is 12.7 Å². The summed E-state index contributed by atoms with van der Waals surface area (Å²) in [6.45, 7) is 1.67. The molecule has 0 aliphatic heterocycles. The Bertz CT molecular complexity index is 570. The SMILES string of the molecule is Cc1ccc(Cl)c(Oc2cc(F)cc(CO)c2)c1. The molecule has 0 bridgehead atoms. The first-order chi connectivity index (χ1) is 8.58. The molecule has 0 radical (unpaired) electrons. The van der Waals surface area contributed by atoms with E-state index < -0.39 is 5.82 Å². The fourth-order valence-corrected chi connectivity index (χ4v) is 1.74. The van der Waals surface area contributed by atoms with E-state index in [2.05, 4.69) is 0 Å². The molecule has 0 amide bonds. The van der Waals surface area contributed by atoms with E-state index in [0.29, 0.717) is 22.1 Å². The first-order valence-corrected chi connectivity index (χ1v) is 5.80. The van der Waals surface area contributed by atoms with Crippen molar-refractivity contribution in [2.45, 2.75) is 13.5 Å². The number of benzene rings is 2. The topological polar surface area (TPSA) is 29.5 Å². The van der Waals surface area contributed by atoms with E-state index in [4.69, 9.17) is 21.4 Å². The van der Waals surface area contributed by atoms with Crippen molar-refractivity contribution in [3.63, 3.8) is 0 Å². The molecule has 2 aromatic carbocycles. The molecule has 0 fully saturated rings. The van der Waals surface area contributed by atoms with Crippen molar-refractivity contribution >= 4 is 11.6 Å². The average Bonchev–Trinajstić information content (AvgIpc) is 2.33. The molecular weight excluding hydrogens is 255 g/mol. The van der Waals surface area contributed by atoms with E-state index in [-0.39, 0.29) is 6.61 Å². The molecule has 4 heteroatoms. The third-order valence-corrected chi connectivity index (χ3v) is 2.74. The van der Waals surface area contributed by atoms with Gasteiger partial charge in [0.05, 0.1) is 11.6 Å². The maximum atomic E-state index is 13.3. The molecule has 0 unspecified atom stereocenters. The van der Waals surface area contributed by atoms with Crippen LogP contribution >= 0.6 is 11.6 Å². The fourth-order valence-electron chi connectivity index (χ4n) is 1.59. The van der Waals surface area contributed by atoms with Crippen LogP contribution in [0.1, 0.15) is 11.1 Å². The van der Waals surface area contributed by atoms with Gasteiger partial charge in [0.2, 0.25) is 0 Å². The zero-order valence-electron chi connectivity index (χ0n) is 9.78. The van der Waals surface area contributed by atoms with Crippen LogP contribution in [0.15, 0.2) is 36.4 Å². The van der Waals surface area contributed by atoms with Crippen molar-refractivity contribution in [1.29, 1.82) is 0 Å². The number of aliphatic hydroxyl groups excluding tert-OH is 1. The number of aliphatic hydroxyl groups is 1. The Labute approximate surface area is 110 Å². The van der Waals surface area contributed by atoms with Crippen molar-refractivity contribution in [2.75, 3.05) is 0 Å². The van der Waals surface area contributed by atoms with Gasteiger partial charge in [0, 0.05) is 6.07 Å². The maximum Gasteiger partial charge on any atom is 0.146 e. The fraction of sp³-hybridized carbons (Fsp3) is 0.143. The summed E-state index contributed by atoms with van der Waals surface area (Å²) in [6.07, 6.45) is 0. The highest BCUT2D eigenvalue weighted by atomic mass is 35.5. The van der Waals surface area contributed by atoms with Crippen LogP contribution < -0.4 is 4.74 Å². The minimum atomic E-state index is -0.458. The summed E-state index contributed by atoms with van der Waals surface area (Å²) in [5, 5.41) is 9.46. The monoisotopic (exact) mass is 266 g/mol. The van der Waals surface area contributed by atoms with Gasteiger partial charge in [-0.25, -0.2) is 4.39 Å². The molecule has 1 N–H and O–H groups in total. The van der Waals surface area contributed by atoms with Crippen LogP contribution in [-0.4, -0.2) is 5.11 Å². The van der Waals surface area contributed by atoms with E-state index in [1.807, 2.05) is 13.0 Å². The second-order valence-corrected chi connectivity index (χ2v) is 4.40. The van der Waals surface area contributed by atoms with Crippen LogP contribution in [0.3, 0.4) is 0 Å². The molecule has 94 valence electrons. The van der Waals surface area contributed by atoms with Gasteiger partial charge in [0.15, 0.2) is 0 Å². The van der Waals surface area contributed by atoms with Crippen LogP contribution in [0.5, 0.6) is 11.5 Å². The molecule has 0 atom stereocenters. The van der Waals surface area contributed by atoms with Crippen molar-refractivity contribution in [3.8, 4) is 11.5 Å². The summed E-state index contributed by atoms with van der Waals surface area (Å²) in [4.78, 5) is 0. The first-order valence-electron chi connectivity index (χ1n) is 5.43. The smallest absolute Gasteiger partial charge is 0.146 e. The summed E-state index contributed by atoms with van der Waals surface area (Å²) in [5.74, 6) is 0.318. The number of aryl methyl sites for hydroxylation is 1. The molecular formula is C14H12ClFO2. The zero-order valence-corrected chi connectivity index (χ0v) is 10.5. The highest BCUT2D eigenvalue weighted by Crippen LogP contribution is 2.31. The Balaban J connectivity index is 2.33. The third-order valence-electron chi connectivity index (χ3n) is 2.43. The molecule has 0 saturated carbocycles. The maximum absolute atomic E-state index is 13.3. The van der Waals surface area contributed by atoms with Crippen molar-refractivity contribution in [2.24, 2.45) is 0 Å². The highest BCUT2D eigenvalue weighted by Gasteiger charge is 2.06. The largest absolute Gasteiger partial charge is 0.456 e. The predicted molar refractivity (Wildman–Crippen MR) is 68.6 cm³/mol. The van der Waals surface area contributed by atoms with Gasteiger partial charge in [-0.15, -0.1) is 0 Å². The third kappa shape index (κ3) is 3.00. The van der Waals surface area contributed by atoms with Crippen molar-refractivity contribution in [3.05, 3.63) is 58.4 Å². The summed E-state index contributed by atoms with van der Waals surface area (Å²) in [7, 11) is 0. The van der Waals surface area contributed by atoms with Gasteiger partial charge >= 0.3 is 0 Å². The zero-order chi connectivity index (χ0) is 13.1. The van der Waals surface area contributed by atoms with Crippen LogP contribution in [0.2, 0.25) is 5.02 Å². The molecule has 2 aromatic rings. The number of rotatable bonds is 3. The van der Waals surface area contributed by atoms with Crippen molar-refractivity contribution < 1.29 is 14.2 Å². The summed E-state index contributed by atoms with van der Waals surface area (Å²) in [6, 6.07) is 9.43. The Morgan fingerprint density at radius 1 is 1.22 bits per heavy atom. The Hall–Kier alpha value is -1.58. The van der Waals surface area contributed by atoms with E-state index in [1.165, 1.54) is 12.1 Å². The lowest BCUT2D eigenvalue weighted by Crippen LogP contribution is -1.91. The number of ether oxygens (including phenoxy) is 1. The van der Waals surface area contributed by atoms with Crippen LogP contribution in [0.4, 0.5) is 4.39 Å². The molecule has 2 nitrogen and oxygen atoms in total. The normalized spacial score (nSPS) is 10.4. The lowest BCUT2D eigenvalue weighted by atomic mass is 10.2. The molecule has 0 saturated heterocycles. The summed E-state index contributed by atoms with van der Waals surface area (Å²) < 4.78 is 18.8. The van der Waals surface area contributed by atoms with Crippen LogP contribution in [0.25, 0.3) is 0 Å². The average molecular weight is 267 g/mol. The molecule has 0 aromatic heterocycles. The number of hydrogen-bond donors (Lipinski definition) is 1. The van der Waals surface area contributed by atoms with E-state index in [1.54, 1.807) is 18.2 Å². The van der Waals surface area contributed by atoms with Gasteiger partial charge in [-0.2, -0.15) is 0 Å². The molecule has 0 aliphatic carbocycles. The quantitative estimate of drug-likeness (QED) is 0.907. The number of hydrogen-bond acceptors (Lipinski definition) is 2. The molecule has 2 rings (SSSR count). The molecule has 0 heterocycles. The van der Waals surface area contributed by atoms with Gasteiger partial charge in [0.1, 0.15) is 17.3 Å². The standard InChI is InChI=1S/C14H12ClFO2/c1-9-2-3-13(15)14(4-9)18-12-6-10(8-17)5-11(16)7-12/h2-7,17H,8H2,1H3. The second kappa shape index (κ2) is 5.38. The van der Waals surface area contributed by atoms with Gasteiger partial charge in [-0.3, -0.25) is 0 Å². The van der Waals surface area contributed by atoms with E-state index >= 15 is 0 Å². The minimum absolute atomic E-state index is 0.240. The number of halogens is 2. The van der Waals surface area contributed by atoms with Gasteiger partial charge in [0.25, 0.3) is 0 Å². The van der Waals surface area contributed by atoms with Gasteiger partial charge < -0.3 is 9.84 Å². The lowest BCUT2D eigenvalue weighted by molar-refractivity contribution is 0.280. The summed E-state index contributed by atoms with van der Waals surface area (Å²) >= 11 is 5.99. The van der Waals surface area contributed by atoms with Crippen LogP contribution in [-0.2, 0) is 6.61 Å². The second-order valence-electron chi connectivity index (χ2n) is 3.99. The molecule has 0 spiro atoms. The molecule has 18 heavy (non-hydrogen) atoms. The summed E-state index contributed by atoms with van der Waals surface area (Å²) in [5.41, 5.74) is 1.45. The van der Waals surface area contributed by atoms with E-state index in [0.717, 1.165) is 5.56 Å². The predicted octanol–water partition coefficient (Wildman–Crippen LogP) is 4.07. The van der Waals surface area contributed by atoms with Gasteiger partial charge in [-0.05, 0) is 42.3 Å². The van der Waals surface area contributed by atoms with E-state index in [9.17, 15) is 4.39 Å². The highest BCUT2D eigenvalue weighted by molar-refractivity contribution is 6.32. The Kier molecular flexibility index (Phi) is 3.84. The Morgan fingerprint density at radius 2 is 2.00 bits per heavy atom. The first kappa shape index (κ1) is 12.9. The minimum Gasteiger partial charge on any atom is -0.456 e. The van der Waals surface area contributed by atoms with Gasteiger partial charge in [-0.1, -0.05) is 17.7 Å². The Morgan fingerprint density at radius 3 is 2.72 bits per heavy atom. The van der Waals surface area contributed by atoms with Crippen molar-refractivity contribution in [1.82, 2.24) is 0 Å². The molecule has 0 aliphatic rings.